The zero-order valence-electron chi connectivity index (χ0n) is 10.6. The van der Waals surface area contributed by atoms with Crippen LogP contribution in [0.1, 0.15) is 16.8 Å². The van der Waals surface area contributed by atoms with Gasteiger partial charge in [-0.2, -0.15) is 0 Å². The number of β-amino-alcohol motifs (C(OH)–C–C–N with tert-alkyl or cyclic N) is 1. The molecule has 20 heavy (non-hydrogen) atoms. The van der Waals surface area contributed by atoms with E-state index < -0.39 is 12.0 Å². The summed E-state index contributed by atoms with van der Waals surface area (Å²) < 4.78 is 0. The molecule has 0 aliphatic carbocycles. The van der Waals surface area contributed by atoms with E-state index in [1.807, 2.05) is 0 Å². The first-order valence-corrected chi connectivity index (χ1v) is 6.92. The van der Waals surface area contributed by atoms with Crippen molar-refractivity contribution < 1.29 is 14.7 Å². The highest BCUT2D eigenvalue weighted by atomic mass is 35.5. The minimum absolute atomic E-state index is 0.121. The van der Waals surface area contributed by atoms with E-state index in [0.717, 1.165) is 0 Å². The van der Waals surface area contributed by atoms with Crippen LogP contribution in [-0.4, -0.2) is 47.6 Å². The third-order valence-electron chi connectivity index (χ3n) is 3.09. The lowest BCUT2D eigenvalue weighted by atomic mass is 10.2. The number of amides is 2. The van der Waals surface area contributed by atoms with Gasteiger partial charge in [-0.3, -0.25) is 9.59 Å². The largest absolute Gasteiger partial charge is 0.391 e. The van der Waals surface area contributed by atoms with E-state index in [1.165, 1.54) is 17.0 Å². The predicted octanol–water partition coefficient (Wildman–Crippen LogP) is 1.32. The second kappa shape index (κ2) is 6.43. The first kappa shape index (κ1) is 15.1. The van der Waals surface area contributed by atoms with Gasteiger partial charge in [0.1, 0.15) is 0 Å². The first-order valence-electron chi connectivity index (χ1n) is 6.16. The van der Waals surface area contributed by atoms with Crippen molar-refractivity contribution in [1.29, 1.82) is 0 Å². The maximum Gasteiger partial charge on any atom is 0.253 e. The van der Waals surface area contributed by atoms with Gasteiger partial charge >= 0.3 is 0 Å². The normalized spacial score (nSPS) is 18.1. The molecule has 2 amide bonds. The molecule has 1 fully saturated rings. The molecule has 108 valence electrons. The Kier molecular flexibility index (Phi) is 4.86. The summed E-state index contributed by atoms with van der Waals surface area (Å²) in [6, 6.07) is 4.53. The molecule has 2 N–H and O–H groups in total. The Morgan fingerprint density at radius 3 is 2.75 bits per heavy atom. The predicted molar refractivity (Wildman–Crippen MR) is 76.0 cm³/mol. The Labute approximate surface area is 126 Å². The minimum atomic E-state index is -0.472. The third-order valence-corrected chi connectivity index (χ3v) is 3.64. The quantitative estimate of drug-likeness (QED) is 0.883. The van der Waals surface area contributed by atoms with Crippen LogP contribution in [0, 0.1) is 0 Å². The highest BCUT2D eigenvalue weighted by Gasteiger charge is 2.24. The second-order valence-electron chi connectivity index (χ2n) is 4.59. The number of benzene rings is 1. The summed E-state index contributed by atoms with van der Waals surface area (Å²) >= 11 is 11.7. The number of aliphatic hydroxyl groups is 1. The molecular formula is C13H14Cl2N2O3. The van der Waals surface area contributed by atoms with E-state index in [-0.39, 0.29) is 23.0 Å². The van der Waals surface area contributed by atoms with Gasteiger partial charge in [-0.25, -0.2) is 0 Å². The van der Waals surface area contributed by atoms with Crippen molar-refractivity contribution in [3.05, 3.63) is 33.8 Å². The molecule has 0 spiro atoms. The zero-order chi connectivity index (χ0) is 14.7. The summed E-state index contributed by atoms with van der Waals surface area (Å²) in [5, 5.41) is 12.5. The maximum absolute atomic E-state index is 11.9. The number of rotatable bonds is 3. The van der Waals surface area contributed by atoms with Crippen molar-refractivity contribution in [2.45, 2.75) is 12.5 Å². The van der Waals surface area contributed by atoms with Crippen LogP contribution < -0.4 is 5.32 Å². The summed E-state index contributed by atoms with van der Waals surface area (Å²) in [6.45, 7) is 0.707. The molecule has 1 aliphatic rings. The fourth-order valence-corrected chi connectivity index (χ4v) is 2.50. The lowest BCUT2D eigenvalue weighted by molar-refractivity contribution is -0.129. The van der Waals surface area contributed by atoms with Gasteiger partial charge < -0.3 is 15.3 Å². The smallest absolute Gasteiger partial charge is 0.253 e. The standard InChI is InChI=1S/C13H14Cl2N2O3/c14-8-1-2-10(11(15)5-8)13(20)16-6-12(19)17-4-3-9(18)7-17/h1-2,5,9,18H,3-4,6-7H2,(H,16,20)/t9-/m1/s1. The molecule has 0 aromatic heterocycles. The molecule has 0 unspecified atom stereocenters. The Morgan fingerprint density at radius 2 is 2.15 bits per heavy atom. The lowest BCUT2D eigenvalue weighted by Crippen LogP contribution is -2.39. The van der Waals surface area contributed by atoms with Gasteiger partial charge in [0.2, 0.25) is 5.91 Å². The molecule has 1 aromatic rings. The van der Waals surface area contributed by atoms with Crippen molar-refractivity contribution in [3.8, 4) is 0 Å². The van der Waals surface area contributed by atoms with Gasteiger partial charge in [0.05, 0.1) is 23.2 Å². The van der Waals surface area contributed by atoms with Crippen LogP contribution in [0.5, 0.6) is 0 Å². The Balaban J connectivity index is 1.90. The van der Waals surface area contributed by atoms with Crippen molar-refractivity contribution in [2.24, 2.45) is 0 Å². The van der Waals surface area contributed by atoms with Gasteiger partial charge in [0.15, 0.2) is 0 Å². The number of hydrogen-bond acceptors (Lipinski definition) is 3. The SMILES string of the molecule is O=C(NCC(=O)N1CC[C@@H](O)C1)c1ccc(Cl)cc1Cl. The number of nitrogens with zero attached hydrogens (tertiary/aromatic N) is 1. The Hall–Kier alpha value is -1.30. The summed E-state index contributed by atoms with van der Waals surface area (Å²) in [7, 11) is 0. The highest BCUT2D eigenvalue weighted by molar-refractivity contribution is 6.36. The zero-order valence-corrected chi connectivity index (χ0v) is 12.1. The highest BCUT2D eigenvalue weighted by Crippen LogP contribution is 2.20. The summed E-state index contributed by atoms with van der Waals surface area (Å²) in [4.78, 5) is 25.2. The molecule has 1 aliphatic heterocycles. The van der Waals surface area contributed by atoms with E-state index in [0.29, 0.717) is 24.5 Å². The number of nitrogens with one attached hydrogen (secondary N) is 1. The maximum atomic E-state index is 11.9. The number of likely N-dealkylation sites (tertiary alicyclic amines) is 1. The van der Waals surface area contributed by atoms with E-state index in [2.05, 4.69) is 5.32 Å². The van der Waals surface area contributed by atoms with Crippen LogP contribution in [-0.2, 0) is 4.79 Å². The molecule has 7 heteroatoms. The van der Waals surface area contributed by atoms with E-state index >= 15 is 0 Å². The van der Waals surface area contributed by atoms with Gasteiger partial charge in [-0.15, -0.1) is 0 Å². The van der Waals surface area contributed by atoms with Crippen molar-refractivity contribution >= 4 is 35.0 Å². The summed E-state index contributed by atoms with van der Waals surface area (Å²) in [5.74, 6) is -0.653. The van der Waals surface area contributed by atoms with Crippen molar-refractivity contribution in [3.63, 3.8) is 0 Å². The summed E-state index contributed by atoms with van der Waals surface area (Å²) in [5.41, 5.74) is 0.269. The average Bonchev–Trinajstić information content (AvgIpc) is 2.82. The van der Waals surface area contributed by atoms with Crippen LogP contribution in [0.25, 0.3) is 0 Å². The van der Waals surface area contributed by atoms with E-state index in [9.17, 15) is 14.7 Å². The molecular weight excluding hydrogens is 303 g/mol. The Bertz CT molecular complexity index is 536. The van der Waals surface area contributed by atoms with Gasteiger partial charge in [-0.1, -0.05) is 23.2 Å². The number of hydrogen-bond donors (Lipinski definition) is 2. The fourth-order valence-electron chi connectivity index (χ4n) is 2.00. The van der Waals surface area contributed by atoms with Gasteiger partial charge in [0.25, 0.3) is 5.91 Å². The number of carbonyl (C=O) groups excluding carboxylic acids is 2. The molecule has 1 saturated heterocycles. The lowest BCUT2D eigenvalue weighted by Gasteiger charge is -2.16. The summed E-state index contributed by atoms with van der Waals surface area (Å²) in [6.07, 6.45) is 0.100. The monoisotopic (exact) mass is 316 g/mol. The van der Waals surface area contributed by atoms with Crippen molar-refractivity contribution in [2.75, 3.05) is 19.6 Å². The number of aliphatic hydroxyl groups excluding tert-OH is 1. The molecule has 0 bridgehead atoms. The van der Waals surface area contributed by atoms with Crippen LogP contribution in [0.3, 0.4) is 0 Å². The average molecular weight is 317 g/mol. The van der Waals surface area contributed by atoms with Crippen LogP contribution in [0.2, 0.25) is 10.0 Å². The third kappa shape index (κ3) is 3.62. The van der Waals surface area contributed by atoms with Crippen LogP contribution in [0.4, 0.5) is 0 Å². The van der Waals surface area contributed by atoms with Gasteiger partial charge in [-0.05, 0) is 24.6 Å². The molecule has 1 aromatic carbocycles. The molecule has 1 heterocycles. The minimum Gasteiger partial charge on any atom is -0.391 e. The molecule has 0 radical (unpaired) electrons. The molecule has 1 atom stereocenters. The molecule has 2 rings (SSSR count). The first-order chi connectivity index (χ1) is 9.47. The van der Waals surface area contributed by atoms with E-state index in [1.54, 1.807) is 6.07 Å². The second-order valence-corrected chi connectivity index (χ2v) is 5.43. The van der Waals surface area contributed by atoms with Gasteiger partial charge in [0, 0.05) is 18.1 Å². The fraction of sp³-hybridized carbons (Fsp3) is 0.385. The number of halogens is 2. The molecule has 5 nitrogen and oxygen atoms in total. The number of carbonyl (C=O) groups is 2. The topological polar surface area (TPSA) is 69.6 Å². The van der Waals surface area contributed by atoms with Crippen LogP contribution >= 0.6 is 23.2 Å². The van der Waals surface area contributed by atoms with E-state index in [4.69, 9.17) is 23.2 Å². The van der Waals surface area contributed by atoms with Crippen molar-refractivity contribution in [1.82, 2.24) is 10.2 Å². The van der Waals surface area contributed by atoms with Crippen LogP contribution in [0.15, 0.2) is 18.2 Å². The Morgan fingerprint density at radius 1 is 1.40 bits per heavy atom. The molecule has 0 saturated carbocycles.